The van der Waals surface area contributed by atoms with Crippen molar-refractivity contribution in [2.45, 2.75) is 39.2 Å². The Kier molecular flexibility index (Phi) is 3.33. The Balaban J connectivity index is 1.61. The Labute approximate surface area is 146 Å². The molecule has 122 valence electrons. The highest BCUT2D eigenvalue weighted by atomic mass is 32.1. The summed E-state index contributed by atoms with van der Waals surface area (Å²) in [7, 11) is 0. The molecule has 1 aliphatic carbocycles. The van der Waals surface area contributed by atoms with E-state index in [-0.39, 0.29) is 0 Å². The van der Waals surface area contributed by atoms with Crippen molar-refractivity contribution >= 4 is 27.4 Å². The van der Waals surface area contributed by atoms with Gasteiger partial charge in [0.05, 0.1) is 5.39 Å². The zero-order valence-electron chi connectivity index (χ0n) is 14.0. The van der Waals surface area contributed by atoms with Gasteiger partial charge >= 0.3 is 0 Å². The van der Waals surface area contributed by atoms with E-state index in [1.54, 1.807) is 11.2 Å². The lowest BCUT2D eigenvalue weighted by atomic mass is 9.89. The number of aryl methyl sites for hydroxylation is 1. The molecule has 1 atom stereocenters. The summed E-state index contributed by atoms with van der Waals surface area (Å²) in [6.45, 7) is 4.37. The molecule has 0 radical (unpaired) electrons. The number of thiophene rings is 1. The first-order valence-corrected chi connectivity index (χ1v) is 9.68. The van der Waals surface area contributed by atoms with Crippen molar-refractivity contribution < 1.29 is 0 Å². The van der Waals surface area contributed by atoms with Crippen LogP contribution in [0.5, 0.6) is 0 Å². The summed E-state index contributed by atoms with van der Waals surface area (Å²) in [5, 5.41) is 1.34. The second-order valence-corrected chi connectivity index (χ2v) is 8.25. The van der Waals surface area contributed by atoms with Crippen LogP contribution in [0, 0.1) is 5.92 Å². The highest BCUT2D eigenvalue weighted by molar-refractivity contribution is 7.19. The maximum absolute atomic E-state index is 4.72. The summed E-state index contributed by atoms with van der Waals surface area (Å²) in [5.74, 6) is 1.95. The summed E-state index contributed by atoms with van der Waals surface area (Å²) in [5.41, 5.74) is 4.45. The molecule has 0 amide bonds. The number of fused-ring (bicyclic) bond motifs is 4. The van der Waals surface area contributed by atoms with E-state index in [2.05, 4.69) is 41.1 Å². The van der Waals surface area contributed by atoms with Crippen LogP contribution >= 0.6 is 11.3 Å². The monoisotopic (exact) mass is 335 g/mol. The third-order valence-electron chi connectivity index (χ3n) is 5.50. The van der Waals surface area contributed by atoms with Crippen molar-refractivity contribution in [2.75, 3.05) is 11.4 Å². The lowest BCUT2D eigenvalue weighted by Crippen LogP contribution is -2.31. The number of aromatic nitrogens is 2. The first kappa shape index (κ1) is 14.4. The molecule has 2 aromatic heterocycles. The van der Waals surface area contributed by atoms with E-state index < -0.39 is 0 Å². The zero-order chi connectivity index (χ0) is 16.1. The van der Waals surface area contributed by atoms with Gasteiger partial charge in [0.1, 0.15) is 17.0 Å². The highest BCUT2D eigenvalue weighted by Crippen LogP contribution is 2.41. The van der Waals surface area contributed by atoms with Crippen molar-refractivity contribution in [1.29, 1.82) is 0 Å². The largest absolute Gasteiger partial charge is 0.351 e. The van der Waals surface area contributed by atoms with E-state index in [9.17, 15) is 0 Å². The maximum atomic E-state index is 4.72. The second-order valence-electron chi connectivity index (χ2n) is 7.17. The molecule has 3 heterocycles. The van der Waals surface area contributed by atoms with Gasteiger partial charge in [-0.05, 0) is 48.3 Å². The van der Waals surface area contributed by atoms with Gasteiger partial charge in [-0.1, -0.05) is 31.2 Å². The molecular weight excluding hydrogens is 314 g/mol. The predicted molar refractivity (Wildman–Crippen MR) is 99.8 cm³/mol. The quantitative estimate of drug-likeness (QED) is 0.661. The van der Waals surface area contributed by atoms with Crippen LogP contribution in [0.2, 0.25) is 0 Å². The molecule has 24 heavy (non-hydrogen) atoms. The number of hydrogen-bond donors (Lipinski definition) is 0. The third-order valence-corrected chi connectivity index (χ3v) is 6.66. The van der Waals surface area contributed by atoms with Gasteiger partial charge in [0.25, 0.3) is 0 Å². The Hall–Kier alpha value is -1.94. The van der Waals surface area contributed by atoms with Crippen LogP contribution in [-0.2, 0) is 25.8 Å². The lowest BCUT2D eigenvalue weighted by molar-refractivity contribution is 0.509. The number of hydrogen-bond acceptors (Lipinski definition) is 4. The molecule has 5 rings (SSSR count). The van der Waals surface area contributed by atoms with E-state index in [4.69, 9.17) is 4.98 Å². The minimum atomic E-state index is 0.795. The minimum absolute atomic E-state index is 0.795. The van der Waals surface area contributed by atoms with E-state index in [0.29, 0.717) is 0 Å². The van der Waals surface area contributed by atoms with Crippen LogP contribution in [-0.4, -0.2) is 16.5 Å². The molecule has 0 saturated heterocycles. The standard InChI is InChI=1S/C20H21N3S/c1-13-6-7-16-17(10-13)24-20-18(16)19(21-12-22-20)23-9-8-14-4-2-3-5-15(14)11-23/h2-5,12-13H,6-11H2,1H3/t13-/m1/s1. The number of rotatable bonds is 1. The van der Waals surface area contributed by atoms with Gasteiger partial charge in [0.2, 0.25) is 0 Å². The predicted octanol–water partition coefficient (Wildman–Crippen LogP) is 4.38. The molecule has 3 aromatic rings. The zero-order valence-corrected chi connectivity index (χ0v) is 14.8. The average molecular weight is 335 g/mol. The van der Waals surface area contributed by atoms with Crippen LogP contribution in [0.4, 0.5) is 5.82 Å². The van der Waals surface area contributed by atoms with Gasteiger partial charge in [-0.25, -0.2) is 9.97 Å². The van der Waals surface area contributed by atoms with Crippen LogP contribution in [0.15, 0.2) is 30.6 Å². The molecule has 4 heteroatoms. The Morgan fingerprint density at radius 2 is 2.00 bits per heavy atom. The maximum Gasteiger partial charge on any atom is 0.141 e. The van der Waals surface area contributed by atoms with Crippen LogP contribution in [0.1, 0.15) is 34.9 Å². The molecule has 0 bridgehead atoms. The van der Waals surface area contributed by atoms with E-state index in [1.807, 2.05) is 11.3 Å². The average Bonchev–Trinajstić information content (AvgIpc) is 2.98. The summed E-state index contributed by atoms with van der Waals surface area (Å²) in [6, 6.07) is 8.81. The fraction of sp³-hybridized carbons (Fsp3) is 0.400. The summed E-state index contributed by atoms with van der Waals surface area (Å²) in [6.07, 6.45) is 6.53. The van der Waals surface area contributed by atoms with Crippen LogP contribution < -0.4 is 4.90 Å². The van der Waals surface area contributed by atoms with Crippen molar-refractivity contribution in [3.8, 4) is 0 Å². The number of benzene rings is 1. The molecule has 0 fully saturated rings. The van der Waals surface area contributed by atoms with E-state index >= 15 is 0 Å². The smallest absolute Gasteiger partial charge is 0.141 e. The fourth-order valence-corrected chi connectivity index (χ4v) is 5.52. The summed E-state index contributed by atoms with van der Waals surface area (Å²) < 4.78 is 0. The minimum Gasteiger partial charge on any atom is -0.351 e. The van der Waals surface area contributed by atoms with E-state index in [0.717, 1.165) is 31.2 Å². The Morgan fingerprint density at radius 1 is 1.12 bits per heavy atom. The van der Waals surface area contributed by atoms with Crippen molar-refractivity contribution in [1.82, 2.24) is 9.97 Å². The molecule has 0 saturated carbocycles. The van der Waals surface area contributed by atoms with Gasteiger partial charge in [-0.3, -0.25) is 0 Å². The number of nitrogens with zero attached hydrogens (tertiary/aromatic N) is 3. The number of anilines is 1. The molecule has 0 N–H and O–H groups in total. The fourth-order valence-electron chi connectivity index (χ4n) is 4.17. The molecule has 3 nitrogen and oxygen atoms in total. The topological polar surface area (TPSA) is 29.0 Å². The molecule has 2 aliphatic rings. The SMILES string of the molecule is C[C@@H]1CCc2c(sc3ncnc(N4CCc5ccccc5C4)c23)C1. The van der Waals surface area contributed by atoms with Gasteiger partial charge in [0, 0.05) is 18.0 Å². The second kappa shape index (κ2) is 5.55. The third kappa shape index (κ3) is 2.24. The van der Waals surface area contributed by atoms with Crippen LogP contribution in [0.25, 0.3) is 10.2 Å². The normalized spacial score (nSPS) is 20.0. The first-order chi connectivity index (χ1) is 11.8. The van der Waals surface area contributed by atoms with Crippen molar-refractivity contribution in [3.63, 3.8) is 0 Å². The Morgan fingerprint density at radius 3 is 2.92 bits per heavy atom. The van der Waals surface area contributed by atoms with Crippen molar-refractivity contribution in [2.24, 2.45) is 5.92 Å². The van der Waals surface area contributed by atoms with Gasteiger partial charge in [-0.15, -0.1) is 11.3 Å². The van der Waals surface area contributed by atoms with Gasteiger partial charge < -0.3 is 4.90 Å². The molecule has 1 aromatic carbocycles. The van der Waals surface area contributed by atoms with Crippen molar-refractivity contribution in [3.05, 3.63) is 52.2 Å². The Bertz CT molecular complexity index is 914. The van der Waals surface area contributed by atoms with Gasteiger partial charge in [-0.2, -0.15) is 0 Å². The molecular formula is C20H21N3S. The summed E-state index contributed by atoms with van der Waals surface area (Å²) in [4.78, 5) is 14.5. The molecule has 0 unspecified atom stereocenters. The van der Waals surface area contributed by atoms with E-state index in [1.165, 1.54) is 46.2 Å². The summed E-state index contributed by atoms with van der Waals surface area (Å²) >= 11 is 1.89. The highest BCUT2D eigenvalue weighted by Gasteiger charge is 2.26. The molecule has 1 aliphatic heterocycles. The van der Waals surface area contributed by atoms with Gasteiger partial charge in [0.15, 0.2) is 0 Å². The molecule has 0 spiro atoms. The van der Waals surface area contributed by atoms with Crippen LogP contribution in [0.3, 0.4) is 0 Å². The first-order valence-electron chi connectivity index (χ1n) is 8.86. The lowest BCUT2D eigenvalue weighted by Gasteiger charge is -2.30.